The molecule has 1 fully saturated rings. The summed E-state index contributed by atoms with van der Waals surface area (Å²) in [5.41, 5.74) is 4.18. The molecule has 2 heterocycles. The molecule has 5 nitrogen and oxygen atoms in total. The molecule has 2 N–H and O–H groups in total. The van der Waals surface area contributed by atoms with E-state index in [0.717, 1.165) is 52.9 Å². The van der Waals surface area contributed by atoms with Crippen LogP contribution in [0.4, 0.5) is 0 Å². The number of rotatable bonds is 7. The fourth-order valence-electron chi connectivity index (χ4n) is 3.68. The molecule has 1 saturated heterocycles. The highest BCUT2D eigenvalue weighted by Gasteiger charge is 2.18. The second-order valence-electron chi connectivity index (χ2n) is 7.33. The van der Waals surface area contributed by atoms with Crippen molar-refractivity contribution < 1.29 is 14.3 Å². The highest BCUT2D eigenvalue weighted by Crippen LogP contribution is 2.27. The molecule has 4 rings (SSSR count). The first-order valence-corrected chi connectivity index (χ1v) is 9.85. The predicted octanol–water partition coefficient (Wildman–Crippen LogP) is 3.89. The molecule has 28 heavy (non-hydrogen) atoms. The Morgan fingerprint density at radius 2 is 2.11 bits per heavy atom. The highest BCUT2D eigenvalue weighted by molar-refractivity contribution is 5.91. The second-order valence-corrected chi connectivity index (χ2v) is 7.33. The van der Waals surface area contributed by atoms with Crippen LogP contribution in [0, 0.1) is 6.92 Å². The van der Waals surface area contributed by atoms with Crippen LogP contribution >= 0.6 is 0 Å². The van der Waals surface area contributed by atoms with Gasteiger partial charge in [-0.1, -0.05) is 30.3 Å². The largest absolute Gasteiger partial charge is 0.489 e. The number of carbonyl (C=O) groups is 1. The Kier molecular flexibility index (Phi) is 5.63. The van der Waals surface area contributed by atoms with E-state index >= 15 is 0 Å². The van der Waals surface area contributed by atoms with Crippen molar-refractivity contribution in [2.75, 3.05) is 13.2 Å². The smallest absolute Gasteiger partial charge is 0.224 e. The van der Waals surface area contributed by atoms with Gasteiger partial charge in [0.25, 0.3) is 0 Å². The van der Waals surface area contributed by atoms with Gasteiger partial charge in [0.2, 0.25) is 5.91 Å². The molecule has 1 aliphatic heterocycles. The summed E-state index contributed by atoms with van der Waals surface area (Å²) in [5.74, 6) is 0.825. The van der Waals surface area contributed by atoms with Crippen molar-refractivity contribution in [3.63, 3.8) is 0 Å². The van der Waals surface area contributed by atoms with Crippen LogP contribution in [0.25, 0.3) is 10.9 Å². The summed E-state index contributed by atoms with van der Waals surface area (Å²) in [6, 6.07) is 16.1. The number of benzene rings is 2. The number of aromatic nitrogens is 1. The van der Waals surface area contributed by atoms with E-state index in [1.165, 1.54) is 0 Å². The van der Waals surface area contributed by atoms with Crippen LogP contribution in [-0.2, 0) is 22.6 Å². The SMILES string of the molecule is Cc1[nH]c2ccc(OCc3ccccc3)cc2c1CC(=O)NCC1CCCO1. The number of fused-ring (bicyclic) bond motifs is 1. The van der Waals surface area contributed by atoms with Gasteiger partial charge < -0.3 is 19.8 Å². The molecule has 2 aromatic carbocycles. The standard InChI is InChI=1S/C23H26N2O3/c1-16-20(13-23(26)24-14-19-8-5-11-27-19)21-12-18(9-10-22(21)25-16)28-15-17-6-3-2-4-7-17/h2-4,6-7,9-10,12,19,25H,5,8,11,13-15H2,1H3,(H,24,26). The van der Waals surface area contributed by atoms with E-state index < -0.39 is 0 Å². The molecule has 0 radical (unpaired) electrons. The summed E-state index contributed by atoms with van der Waals surface area (Å²) in [7, 11) is 0. The topological polar surface area (TPSA) is 63.4 Å². The monoisotopic (exact) mass is 378 g/mol. The van der Waals surface area contributed by atoms with Gasteiger partial charge in [0, 0.05) is 29.7 Å². The lowest BCUT2D eigenvalue weighted by molar-refractivity contribution is -0.120. The van der Waals surface area contributed by atoms with Crippen molar-refractivity contribution in [1.29, 1.82) is 0 Å². The van der Waals surface area contributed by atoms with E-state index in [2.05, 4.69) is 10.3 Å². The first kappa shape index (κ1) is 18.6. The molecule has 1 aromatic heterocycles. The van der Waals surface area contributed by atoms with E-state index in [4.69, 9.17) is 9.47 Å². The number of aryl methyl sites for hydroxylation is 1. The molecular weight excluding hydrogens is 352 g/mol. The van der Waals surface area contributed by atoms with Gasteiger partial charge >= 0.3 is 0 Å². The molecule has 0 saturated carbocycles. The molecule has 0 bridgehead atoms. The minimum Gasteiger partial charge on any atom is -0.489 e. The third-order valence-corrected chi connectivity index (χ3v) is 5.23. The van der Waals surface area contributed by atoms with E-state index in [9.17, 15) is 4.79 Å². The van der Waals surface area contributed by atoms with Crippen LogP contribution in [0.2, 0.25) is 0 Å². The van der Waals surface area contributed by atoms with Gasteiger partial charge in [0.1, 0.15) is 12.4 Å². The number of ether oxygens (including phenoxy) is 2. The third kappa shape index (κ3) is 4.37. The first-order chi connectivity index (χ1) is 13.7. The Bertz CT molecular complexity index is 943. The number of aromatic amines is 1. The normalized spacial score (nSPS) is 16.4. The Balaban J connectivity index is 1.44. The van der Waals surface area contributed by atoms with Crippen molar-refractivity contribution >= 4 is 16.8 Å². The number of H-pyrrole nitrogens is 1. The zero-order valence-electron chi connectivity index (χ0n) is 16.2. The van der Waals surface area contributed by atoms with Crippen LogP contribution < -0.4 is 10.1 Å². The lowest BCUT2D eigenvalue weighted by Crippen LogP contribution is -2.32. The Morgan fingerprint density at radius 3 is 2.89 bits per heavy atom. The highest BCUT2D eigenvalue weighted by atomic mass is 16.5. The van der Waals surface area contributed by atoms with Gasteiger partial charge in [0.15, 0.2) is 0 Å². The van der Waals surface area contributed by atoms with Crippen molar-refractivity contribution in [1.82, 2.24) is 10.3 Å². The summed E-state index contributed by atoms with van der Waals surface area (Å²) in [5, 5.41) is 4.04. The van der Waals surface area contributed by atoms with E-state index in [0.29, 0.717) is 19.6 Å². The number of carbonyl (C=O) groups excluding carboxylic acids is 1. The average molecular weight is 378 g/mol. The Morgan fingerprint density at radius 1 is 1.25 bits per heavy atom. The third-order valence-electron chi connectivity index (χ3n) is 5.23. The molecule has 1 atom stereocenters. The number of amides is 1. The fourth-order valence-corrected chi connectivity index (χ4v) is 3.68. The average Bonchev–Trinajstić information content (AvgIpc) is 3.34. The first-order valence-electron chi connectivity index (χ1n) is 9.85. The van der Waals surface area contributed by atoms with Gasteiger partial charge in [-0.2, -0.15) is 0 Å². The fraction of sp³-hybridized carbons (Fsp3) is 0.348. The van der Waals surface area contributed by atoms with Gasteiger partial charge in [0.05, 0.1) is 12.5 Å². The summed E-state index contributed by atoms with van der Waals surface area (Å²) < 4.78 is 11.5. The maximum absolute atomic E-state index is 12.4. The lowest BCUT2D eigenvalue weighted by Gasteiger charge is -2.11. The molecule has 1 aliphatic rings. The number of hydrogen-bond acceptors (Lipinski definition) is 3. The summed E-state index contributed by atoms with van der Waals surface area (Å²) in [6.07, 6.45) is 2.61. The van der Waals surface area contributed by atoms with E-state index in [1.807, 2.05) is 55.5 Å². The maximum atomic E-state index is 12.4. The zero-order valence-corrected chi connectivity index (χ0v) is 16.2. The van der Waals surface area contributed by atoms with Crippen LogP contribution in [0.15, 0.2) is 48.5 Å². The van der Waals surface area contributed by atoms with Gasteiger partial charge in [-0.3, -0.25) is 4.79 Å². The molecule has 0 aliphatic carbocycles. The summed E-state index contributed by atoms with van der Waals surface area (Å²) in [4.78, 5) is 15.8. The van der Waals surface area contributed by atoms with Gasteiger partial charge in [-0.05, 0) is 49.1 Å². The predicted molar refractivity (Wildman–Crippen MR) is 109 cm³/mol. The lowest BCUT2D eigenvalue weighted by atomic mass is 10.1. The summed E-state index contributed by atoms with van der Waals surface area (Å²) >= 11 is 0. The number of nitrogens with one attached hydrogen (secondary N) is 2. The second kappa shape index (κ2) is 8.48. The van der Waals surface area contributed by atoms with Crippen LogP contribution in [0.1, 0.15) is 29.7 Å². The van der Waals surface area contributed by atoms with Crippen molar-refractivity contribution in [3.8, 4) is 5.75 Å². The minimum absolute atomic E-state index is 0.0232. The minimum atomic E-state index is 0.0232. The van der Waals surface area contributed by atoms with Crippen molar-refractivity contribution in [3.05, 3.63) is 65.4 Å². The van der Waals surface area contributed by atoms with Crippen LogP contribution in [0.5, 0.6) is 5.75 Å². The Hall–Kier alpha value is -2.79. The van der Waals surface area contributed by atoms with Crippen molar-refractivity contribution in [2.24, 2.45) is 0 Å². The molecule has 1 amide bonds. The van der Waals surface area contributed by atoms with E-state index in [-0.39, 0.29) is 12.0 Å². The maximum Gasteiger partial charge on any atom is 0.224 e. The quantitative estimate of drug-likeness (QED) is 0.656. The Labute approximate surface area is 165 Å². The molecule has 5 heteroatoms. The van der Waals surface area contributed by atoms with Crippen LogP contribution in [0.3, 0.4) is 0 Å². The molecule has 146 valence electrons. The molecule has 3 aromatic rings. The van der Waals surface area contributed by atoms with E-state index in [1.54, 1.807) is 0 Å². The van der Waals surface area contributed by atoms with Gasteiger partial charge in [-0.15, -0.1) is 0 Å². The number of hydrogen-bond donors (Lipinski definition) is 2. The van der Waals surface area contributed by atoms with Crippen LogP contribution in [-0.4, -0.2) is 30.1 Å². The van der Waals surface area contributed by atoms with Crippen molar-refractivity contribution in [2.45, 2.75) is 38.9 Å². The molecular formula is C23H26N2O3. The molecule has 0 spiro atoms. The molecule has 1 unspecified atom stereocenters. The zero-order chi connectivity index (χ0) is 19.3. The van der Waals surface area contributed by atoms with Gasteiger partial charge in [-0.25, -0.2) is 0 Å². The summed E-state index contributed by atoms with van der Waals surface area (Å²) in [6.45, 7) is 3.92.